The molecule has 0 saturated carbocycles. The van der Waals surface area contributed by atoms with Gasteiger partial charge in [-0.2, -0.15) is 0 Å². The molecule has 1 atom stereocenters. The second kappa shape index (κ2) is 8.60. The van der Waals surface area contributed by atoms with Gasteiger partial charge in [0.25, 0.3) is 0 Å². The smallest absolute Gasteiger partial charge is 0.198 e. The Labute approximate surface area is 109 Å². The highest BCUT2D eigenvalue weighted by atomic mass is 35.5. The van der Waals surface area contributed by atoms with Crippen LogP contribution in [0.25, 0.3) is 0 Å². The number of halogens is 1. The van der Waals surface area contributed by atoms with Crippen LogP contribution in [0.2, 0.25) is 5.22 Å². The Morgan fingerprint density at radius 3 is 2.41 bits per heavy atom. The molecular formula is C14H23ClO2. The van der Waals surface area contributed by atoms with E-state index in [1.807, 2.05) is 0 Å². The van der Waals surface area contributed by atoms with Gasteiger partial charge in [-0.3, -0.25) is 0 Å². The van der Waals surface area contributed by atoms with Gasteiger partial charge in [0.05, 0.1) is 12.4 Å². The van der Waals surface area contributed by atoms with Crippen molar-refractivity contribution in [2.75, 3.05) is 0 Å². The average Bonchev–Trinajstić information content (AvgIpc) is 2.74. The highest BCUT2D eigenvalue weighted by Crippen LogP contribution is 2.27. The molecule has 1 N–H and O–H groups in total. The molecule has 0 aliphatic heterocycles. The first-order chi connectivity index (χ1) is 8.25. The van der Waals surface area contributed by atoms with Crippen molar-refractivity contribution in [1.82, 2.24) is 0 Å². The Morgan fingerprint density at radius 2 is 1.82 bits per heavy atom. The first-order valence-electron chi connectivity index (χ1n) is 6.66. The van der Waals surface area contributed by atoms with E-state index in [-0.39, 0.29) is 0 Å². The van der Waals surface area contributed by atoms with Gasteiger partial charge >= 0.3 is 0 Å². The topological polar surface area (TPSA) is 33.4 Å². The zero-order chi connectivity index (χ0) is 12.5. The number of hydrogen-bond donors (Lipinski definition) is 1. The lowest BCUT2D eigenvalue weighted by atomic mass is 10.0. The van der Waals surface area contributed by atoms with Crippen LogP contribution in [0, 0.1) is 0 Å². The molecule has 1 aromatic heterocycles. The van der Waals surface area contributed by atoms with Gasteiger partial charge in [-0.1, -0.05) is 51.9 Å². The van der Waals surface area contributed by atoms with Gasteiger partial charge in [-0.15, -0.1) is 0 Å². The van der Waals surface area contributed by atoms with E-state index >= 15 is 0 Å². The predicted molar refractivity (Wildman–Crippen MR) is 71.3 cm³/mol. The van der Waals surface area contributed by atoms with Crippen molar-refractivity contribution in [2.24, 2.45) is 0 Å². The summed E-state index contributed by atoms with van der Waals surface area (Å²) < 4.78 is 4.96. The second-order valence-corrected chi connectivity index (χ2v) is 4.92. The molecule has 0 bridgehead atoms. The lowest BCUT2D eigenvalue weighted by molar-refractivity contribution is 0.162. The van der Waals surface area contributed by atoms with Crippen molar-refractivity contribution in [3.05, 3.63) is 23.1 Å². The van der Waals surface area contributed by atoms with Crippen molar-refractivity contribution < 1.29 is 9.52 Å². The third-order valence-corrected chi connectivity index (χ3v) is 3.39. The van der Waals surface area contributed by atoms with Crippen molar-refractivity contribution in [3.8, 4) is 0 Å². The van der Waals surface area contributed by atoms with Crippen LogP contribution in [-0.4, -0.2) is 5.11 Å². The normalized spacial score (nSPS) is 12.9. The summed E-state index contributed by atoms with van der Waals surface area (Å²) in [4.78, 5) is 0. The Kier molecular flexibility index (Phi) is 7.38. The van der Waals surface area contributed by atoms with Gasteiger partial charge in [0.1, 0.15) is 0 Å². The molecule has 1 aromatic rings. The highest BCUT2D eigenvalue weighted by molar-refractivity contribution is 6.29. The monoisotopic (exact) mass is 258 g/mol. The van der Waals surface area contributed by atoms with Crippen molar-refractivity contribution in [1.29, 1.82) is 0 Å². The van der Waals surface area contributed by atoms with Crippen LogP contribution in [-0.2, 0) is 0 Å². The minimum atomic E-state index is -0.475. The third kappa shape index (κ3) is 5.60. The predicted octanol–water partition coefficient (Wildman–Crippen LogP) is 5.11. The molecule has 3 heteroatoms. The minimum Gasteiger partial charge on any atom is -0.453 e. The van der Waals surface area contributed by atoms with Crippen molar-refractivity contribution in [3.63, 3.8) is 0 Å². The average molecular weight is 259 g/mol. The largest absolute Gasteiger partial charge is 0.453 e. The molecule has 1 unspecified atom stereocenters. The Morgan fingerprint density at radius 1 is 1.18 bits per heavy atom. The summed E-state index contributed by atoms with van der Waals surface area (Å²) in [6.45, 7) is 2.23. The molecule has 17 heavy (non-hydrogen) atoms. The first-order valence-corrected chi connectivity index (χ1v) is 7.04. The molecule has 0 aliphatic rings. The fraction of sp³-hybridized carbons (Fsp3) is 0.714. The summed E-state index contributed by atoms with van der Waals surface area (Å²) in [6, 6.07) is 1.74. The highest BCUT2D eigenvalue weighted by Gasteiger charge is 2.13. The molecule has 1 rings (SSSR count). The molecule has 0 radical (unpaired) electrons. The molecule has 98 valence electrons. The van der Waals surface area contributed by atoms with E-state index in [2.05, 4.69) is 6.92 Å². The maximum atomic E-state index is 9.89. The number of hydrogen-bond acceptors (Lipinski definition) is 2. The van der Waals surface area contributed by atoms with E-state index in [0.29, 0.717) is 5.22 Å². The Hall–Kier alpha value is -0.470. The maximum Gasteiger partial charge on any atom is 0.198 e. The summed E-state index contributed by atoms with van der Waals surface area (Å²) in [5.74, 6) is 0. The maximum absolute atomic E-state index is 9.89. The summed E-state index contributed by atoms with van der Waals surface area (Å²) >= 11 is 5.81. The van der Waals surface area contributed by atoms with Gasteiger partial charge in [0, 0.05) is 5.56 Å². The summed E-state index contributed by atoms with van der Waals surface area (Å²) in [7, 11) is 0. The van der Waals surface area contributed by atoms with Crippen LogP contribution in [0.5, 0.6) is 0 Å². The minimum absolute atomic E-state index is 0.320. The number of rotatable bonds is 9. The lowest BCUT2D eigenvalue weighted by Crippen LogP contribution is -1.96. The van der Waals surface area contributed by atoms with Crippen LogP contribution in [0.3, 0.4) is 0 Å². The number of aliphatic hydroxyl groups is 1. The van der Waals surface area contributed by atoms with E-state index in [1.54, 1.807) is 6.07 Å². The third-order valence-electron chi connectivity index (χ3n) is 3.09. The van der Waals surface area contributed by atoms with Crippen LogP contribution >= 0.6 is 11.6 Å². The molecule has 0 saturated heterocycles. The van der Waals surface area contributed by atoms with Crippen LogP contribution in [0.15, 0.2) is 16.7 Å². The summed E-state index contributed by atoms with van der Waals surface area (Å²) in [5, 5.41) is 10.2. The fourth-order valence-corrected chi connectivity index (χ4v) is 2.23. The van der Waals surface area contributed by atoms with Crippen LogP contribution in [0.1, 0.15) is 70.0 Å². The van der Waals surface area contributed by atoms with E-state index in [4.69, 9.17) is 16.0 Å². The molecule has 0 aromatic carbocycles. The van der Waals surface area contributed by atoms with Crippen LogP contribution in [0.4, 0.5) is 0 Å². The van der Waals surface area contributed by atoms with E-state index < -0.39 is 6.10 Å². The summed E-state index contributed by atoms with van der Waals surface area (Å²) in [6.07, 6.45) is 10.6. The van der Waals surface area contributed by atoms with E-state index in [1.165, 1.54) is 44.8 Å². The molecule has 2 nitrogen and oxygen atoms in total. The van der Waals surface area contributed by atoms with E-state index in [9.17, 15) is 5.11 Å². The molecule has 1 heterocycles. The SMILES string of the molecule is CCCCCCCCCC(O)c1ccoc1Cl. The molecular weight excluding hydrogens is 236 g/mol. The zero-order valence-electron chi connectivity index (χ0n) is 10.6. The first kappa shape index (κ1) is 14.6. The molecule has 0 spiro atoms. The summed E-state index contributed by atoms with van der Waals surface area (Å²) in [5.41, 5.74) is 0.720. The van der Waals surface area contributed by atoms with Crippen LogP contribution < -0.4 is 0 Å². The Balaban J connectivity index is 2.05. The van der Waals surface area contributed by atoms with Gasteiger partial charge in [0.15, 0.2) is 5.22 Å². The number of aliphatic hydroxyl groups excluding tert-OH is 1. The van der Waals surface area contributed by atoms with Gasteiger partial charge < -0.3 is 9.52 Å². The zero-order valence-corrected chi connectivity index (χ0v) is 11.4. The Bertz CT molecular complexity index is 296. The van der Waals surface area contributed by atoms with E-state index in [0.717, 1.165) is 18.4 Å². The second-order valence-electron chi connectivity index (χ2n) is 4.58. The van der Waals surface area contributed by atoms with Gasteiger partial charge in [-0.25, -0.2) is 0 Å². The fourth-order valence-electron chi connectivity index (χ4n) is 1.99. The molecule has 0 amide bonds. The quantitative estimate of drug-likeness (QED) is 0.625. The van der Waals surface area contributed by atoms with Crippen molar-refractivity contribution >= 4 is 11.6 Å². The van der Waals surface area contributed by atoms with Gasteiger partial charge in [-0.05, 0) is 24.1 Å². The number of furan rings is 1. The van der Waals surface area contributed by atoms with Gasteiger partial charge in [0.2, 0.25) is 0 Å². The van der Waals surface area contributed by atoms with Crippen molar-refractivity contribution in [2.45, 2.75) is 64.4 Å². The molecule has 0 aliphatic carbocycles. The lowest BCUT2D eigenvalue weighted by Gasteiger charge is -2.08. The number of unbranched alkanes of at least 4 members (excludes halogenated alkanes) is 6. The molecule has 0 fully saturated rings. The standard InChI is InChI=1S/C14H23ClO2/c1-2-3-4-5-6-7-8-9-13(16)12-10-11-17-14(12)15/h10-11,13,16H,2-9H2,1H3.